The predicted octanol–water partition coefficient (Wildman–Crippen LogP) is 4.24. The van der Waals surface area contributed by atoms with Crippen LogP contribution >= 0.6 is 0 Å². The molecule has 0 spiro atoms. The Hall–Kier alpha value is -3.23. The zero-order valence-electron chi connectivity index (χ0n) is 22.6. The Balaban J connectivity index is 1.46. The van der Waals surface area contributed by atoms with Crippen LogP contribution in [0.5, 0.6) is 0 Å². The van der Waals surface area contributed by atoms with Gasteiger partial charge in [-0.1, -0.05) is 36.4 Å². The van der Waals surface area contributed by atoms with E-state index in [2.05, 4.69) is 29.0 Å². The molecular weight excluding hydrogens is 481 g/mol. The highest BCUT2D eigenvalue weighted by Gasteiger charge is 2.45. The highest BCUT2D eigenvalue weighted by Crippen LogP contribution is 2.48. The van der Waals surface area contributed by atoms with E-state index in [1.165, 1.54) is 17.7 Å². The molecule has 2 atom stereocenters. The summed E-state index contributed by atoms with van der Waals surface area (Å²) < 4.78 is 21.4. The number of aromatic nitrogens is 2. The van der Waals surface area contributed by atoms with E-state index >= 15 is 0 Å². The van der Waals surface area contributed by atoms with Crippen molar-refractivity contribution in [1.82, 2.24) is 19.6 Å². The Labute approximate surface area is 224 Å². The number of rotatable bonds is 10. The minimum atomic E-state index is -0.293. The maximum Gasteiger partial charge on any atom is 0.226 e. The fourth-order valence-electron chi connectivity index (χ4n) is 5.49. The first-order valence-corrected chi connectivity index (χ1v) is 13.6. The van der Waals surface area contributed by atoms with Gasteiger partial charge in [0, 0.05) is 57.9 Å². The second-order valence-electron chi connectivity index (χ2n) is 10.5. The fraction of sp³-hybridized carbons (Fsp3) is 0.467. The first-order chi connectivity index (χ1) is 18.5. The number of nitrogens with zero attached hydrogens (tertiary/aromatic N) is 5. The van der Waals surface area contributed by atoms with E-state index in [-0.39, 0.29) is 23.6 Å². The summed E-state index contributed by atoms with van der Waals surface area (Å²) in [4.78, 5) is 20.5. The number of carbonyl (C=O) groups is 1. The van der Waals surface area contributed by atoms with Crippen LogP contribution in [0, 0.1) is 18.7 Å². The van der Waals surface area contributed by atoms with Crippen LogP contribution in [0.15, 0.2) is 54.6 Å². The molecular formula is C30H38FN5O2. The minimum absolute atomic E-state index is 0.00519. The Morgan fingerprint density at radius 3 is 2.58 bits per heavy atom. The lowest BCUT2D eigenvalue weighted by Crippen LogP contribution is -2.45. The molecule has 1 aliphatic heterocycles. The summed E-state index contributed by atoms with van der Waals surface area (Å²) in [6, 6.07) is 16.9. The summed E-state index contributed by atoms with van der Waals surface area (Å²) in [6.45, 7) is 7.26. The molecule has 5 rings (SSSR count). The molecule has 2 fully saturated rings. The first-order valence-electron chi connectivity index (χ1n) is 13.6. The monoisotopic (exact) mass is 519 g/mol. The molecule has 2 aromatic carbocycles. The van der Waals surface area contributed by atoms with Crippen molar-refractivity contribution in [3.8, 4) is 5.69 Å². The Kier molecular flexibility index (Phi) is 8.09. The summed E-state index contributed by atoms with van der Waals surface area (Å²) in [7, 11) is 3.82. The van der Waals surface area contributed by atoms with Crippen LogP contribution in [0.2, 0.25) is 0 Å². The second kappa shape index (κ2) is 11.7. The fourth-order valence-corrected chi connectivity index (χ4v) is 5.49. The molecule has 202 valence electrons. The number of benzene rings is 2. The summed E-state index contributed by atoms with van der Waals surface area (Å²) in [5.41, 5.74) is 3.82. The van der Waals surface area contributed by atoms with Crippen molar-refractivity contribution >= 4 is 11.7 Å². The van der Waals surface area contributed by atoms with Crippen LogP contribution in [0.25, 0.3) is 5.69 Å². The van der Waals surface area contributed by atoms with E-state index < -0.39 is 0 Å². The molecule has 0 radical (unpaired) electrons. The smallest absolute Gasteiger partial charge is 0.226 e. The van der Waals surface area contributed by atoms with Gasteiger partial charge < -0.3 is 19.4 Å². The summed E-state index contributed by atoms with van der Waals surface area (Å²) in [6.07, 6.45) is 1.66. The summed E-state index contributed by atoms with van der Waals surface area (Å²) in [5.74, 6) is 1.14. The van der Waals surface area contributed by atoms with Crippen LogP contribution in [0.4, 0.5) is 10.2 Å². The van der Waals surface area contributed by atoms with Gasteiger partial charge in [0.25, 0.3) is 0 Å². The summed E-state index contributed by atoms with van der Waals surface area (Å²) >= 11 is 0. The van der Waals surface area contributed by atoms with E-state index in [0.717, 1.165) is 56.1 Å². The zero-order valence-corrected chi connectivity index (χ0v) is 22.6. The average Bonchev–Trinajstić information content (AvgIpc) is 3.67. The molecule has 1 saturated carbocycles. The third-order valence-electron chi connectivity index (χ3n) is 7.79. The van der Waals surface area contributed by atoms with Crippen LogP contribution in [-0.2, 0) is 16.1 Å². The molecule has 8 heteroatoms. The van der Waals surface area contributed by atoms with Crippen molar-refractivity contribution in [2.24, 2.45) is 5.92 Å². The Morgan fingerprint density at radius 1 is 1.11 bits per heavy atom. The van der Waals surface area contributed by atoms with Gasteiger partial charge in [0.1, 0.15) is 11.6 Å². The molecule has 1 aromatic heterocycles. The normalized spacial score (nSPS) is 19.5. The number of ether oxygens (including phenoxy) is 1. The molecule has 0 bridgehead atoms. The standard InChI is InChI=1S/C30H38FN5O2/c1-22-28(21-35(13-8-18-38-3)30(37)27-20-26(27)23-9-5-4-6-10-23)29(34-16-14-33(2)15-17-34)36(32-22)25-12-7-11-24(31)19-25/h4-7,9-12,19,26-27H,8,13-18,20-21H2,1-3H3/t26-,27+/m0/s1. The molecule has 1 amide bonds. The van der Waals surface area contributed by atoms with E-state index in [1.54, 1.807) is 13.2 Å². The van der Waals surface area contributed by atoms with E-state index in [9.17, 15) is 9.18 Å². The lowest BCUT2D eigenvalue weighted by atomic mass is 10.1. The minimum Gasteiger partial charge on any atom is -0.385 e. The van der Waals surface area contributed by atoms with Crippen molar-refractivity contribution < 1.29 is 13.9 Å². The van der Waals surface area contributed by atoms with Gasteiger partial charge in [-0.25, -0.2) is 9.07 Å². The van der Waals surface area contributed by atoms with Gasteiger partial charge in [-0.2, -0.15) is 5.10 Å². The van der Waals surface area contributed by atoms with Gasteiger partial charge in [0.2, 0.25) is 5.91 Å². The third-order valence-corrected chi connectivity index (χ3v) is 7.79. The molecule has 7 nitrogen and oxygen atoms in total. The summed E-state index contributed by atoms with van der Waals surface area (Å²) in [5, 5.41) is 4.88. The topological polar surface area (TPSA) is 53.8 Å². The van der Waals surface area contributed by atoms with Gasteiger partial charge in [-0.15, -0.1) is 0 Å². The Morgan fingerprint density at radius 2 is 1.87 bits per heavy atom. The zero-order chi connectivity index (χ0) is 26.6. The largest absolute Gasteiger partial charge is 0.385 e. The average molecular weight is 520 g/mol. The SMILES string of the molecule is COCCCN(Cc1c(C)nn(-c2cccc(F)c2)c1N1CCN(C)CC1)C(=O)[C@@H]1C[C@H]1c1ccccc1. The maximum absolute atomic E-state index is 14.2. The number of hydrogen-bond donors (Lipinski definition) is 0. The van der Waals surface area contributed by atoms with E-state index in [0.29, 0.717) is 25.4 Å². The number of aryl methyl sites for hydroxylation is 1. The number of methoxy groups -OCH3 is 1. The number of hydrogen-bond acceptors (Lipinski definition) is 5. The van der Waals surface area contributed by atoms with Crippen LogP contribution in [0.1, 0.15) is 35.6 Å². The first kappa shape index (κ1) is 26.4. The molecule has 38 heavy (non-hydrogen) atoms. The van der Waals surface area contributed by atoms with Crippen molar-refractivity contribution in [3.05, 3.63) is 77.2 Å². The molecule has 2 heterocycles. The van der Waals surface area contributed by atoms with Crippen LogP contribution in [0.3, 0.4) is 0 Å². The molecule has 0 unspecified atom stereocenters. The number of anilines is 1. The number of amides is 1. The predicted molar refractivity (Wildman–Crippen MR) is 147 cm³/mol. The van der Waals surface area contributed by atoms with Crippen LogP contribution in [-0.4, -0.2) is 79.0 Å². The molecule has 1 aliphatic carbocycles. The highest BCUT2D eigenvalue weighted by atomic mass is 19.1. The van der Waals surface area contributed by atoms with Crippen molar-refractivity contribution in [3.63, 3.8) is 0 Å². The molecule has 2 aliphatic rings. The highest BCUT2D eigenvalue weighted by molar-refractivity contribution is 5.83. The third kappa shape index (κ3) is 5.76. The van der Waals surface area contributed by atoms with Crippen molar-refractivity contribution in [1.29, 1.82) is 0 Å². The number of carbonyl (C=O) groups excluding carboxylic acids is 1. The van der Waals surface area contributed by atoms with Crippen molar-refractivity contribution in [2.75, 3.05) is 58.4 Å². The molecule has 1 saturated heterocycles. The van der Waals surface area contributed by atoms with E-state index in [4.69, 9.17) is 9.84 Å². The Bertz CT molecular complexity index is 1240. The quantitative estimate of drug-likeness (QED) is 0.375. The molecule has 0 N–H and O–H groups in total. The number of likely N-dealkylation sites (N-methyl/N-ethyl adjacent to an activating group) is 1. The van der Waals surface area contributed by atoms with Gasteiger partial charge in [0.15, 0.2) is 0 Å². The van der Waals surface area contributed by atoms with Gasteiger partial charge >= 0.3 is 0 Å². The second-order valence-corrected chi connectivity index (χ2v) is 10.5. The number of halogens is 1. The van der Waals surface area contributed by atoms with E-state index in [1.807, 2.05) is 40.8 Å². The maximum atomic E-state index is 14.2. The van der Waals surface area contributed by atoms with Gasteiger partial charge in [-0.3, -0.25) is 4.79 Å². The molecule has 3 aromatic rings. The van der Waals surface area contributed by atoms with Gasteiger partial charge in [-0.05, 0) is 56.5 Å². The van der Waals surface area contributed by atoms with Gasteiger partial charge in [0.05, 0.1) is 17.9 Å². The van der Waals surface area contributed by atoms with Crippen LogP contribution < -0.4 is 4.90 Å². The van der Waals surface area contributed by atoms with Crippen molar-refractivity contribution in [2.45, 2.75) is 32.2 Å². The number of piperazine rings is 1. The lowest BCUT2D eigenvalue weighted by molar-refractivity contribution is -0.133. The lowest BCUT2D eigenvalue weighted by Gasteiger charge is -2.35.